The summed E-state index contributed by atoms with van der Waals surface area (Å²) >= 11 is 5.22. The maximum Gasteiger partial charge on any atom is 2.00 e. The summed E-state index contributed by atoms with van der Waals surface area (Å²) in [6, 6.07) is 0. The molecule has 0 amide bonds. The molecule has 0 aromatic carbocycles. The van der Waals surface area contributed by atoms with Crippen molar-refractivity contribution in [1.82, 2.24) is 0 Å². The second kappa shape index (κ2) is 13.0. The molecule has 92 valence electrons. The van der Waals surface area contributed by atoms with Crippen molar-refractivity contribution in [2.45, 2.75) is 58.3 Å². The van der Waals surface area contributed by atoms with Gasteiger partial charge in [0.25, 0.3) is 0 Å². The van der Waals surface area contributed by atoms with Crippen LogP contribution in [0, 0.1) is 0 Å². The van der Waals surface area contributed by atoms with Crippen LogP contribution in [0.2, 0.25) is 0 Å². The third kappa shape index (κ3) is 17.9. The van der Waals surface area contributed by atoms with Crippen LogP contribution < -0.4 is 9.79 Å². The molecular formula is C10H21O2PS2Zn. The second-order valence-corrected chi connectivity index (χ2v) is 9.67. The van der Waals surface area contributed by atoms with Crippen molar-refractivity contribution in [3.63, 3.8) is 0 Å². The first-order chi connectivity index (χ1) is 7.06. The summed E-state index contributed by atoms with van der Waals surface area (Å²) < 4.78 is 0. The molecule has 0 heterocycles. The van der Waals surface area contributed by atoms with E-state index in [2.05, 4.69) is 18.7 Å². The molecule has 0 saturated heterocycles. The Morgan fingerprint density at radius 2 is 1.38 bits per heavy atom. The Kier molecular flexibility index (Phi) is 16.1. The Labute approximate surface area is 122 Å². The van der Waals surface area contributed by atoms with Gasteiger partial charge in [0.1, 0.15) is 0 Å². The van der Waals surface area contributed by atoms with Gasteiger partial charge in [-0.2, -0.15) is 17.1 Å². The van der Waals surface area contributed by atoms with Crippen molar-refractivity contribution < 1.29 is 29.3 Å². The molecule has 0 unspecified atom stereocenters. The summed E-state index contributed by atoms with van der Waals surface area (Å²) in [7, 11) is 0. The average Bonchev–Trinajstić information content (AvgIpc) is 2.14. The Morgan fingerprint density at radius 3 is 1.81 bits per heavy atom. The van der Waals surface area contributed by atoms with E-state index in [-0.39, 0.29) is 19.5 Å². The maximum absolute atomic E-state index is 10.6. The molecule has 0 aliphatic carbocycles. The van der Waals surface area contributed by atoms with Gasteiger partial charge in [-0.1, -0.05) is 51.9 Å². The minimum atomic E-state index is -3.49. The van der Waals surface area contributed by atoms with E-state index in [1.165, 1.54) is 38.5 Å². The van der Waals surface area contributed by atoms with Gasteiger partial charge in [0.2, 0.25) is 0 Å². The van der Waals surface area contributed by atoms with Crippen molar-refractivity contribution in [2.24, 2.45) is 0 Å². The summed E-state index contributed by atoms with van der Waals surface area (Å²) in [4.78, 5) is 21.3. The number of rotatable bonds is 10. The maximum atomic E-state index is 10.6. The molecule has 6 heteroatoms. The van der Waals surface area contributed by atoms with E-state index in [9.17, 15) is 9.79 Å². The fraction of sp³-hybridized carbons (Fsp3) is 1.00. The molecule has 0 bridgehead atoms. The van der Waals surface area contributed by atoms with E-state index in [4.69, 9.17) is 0 Å². The number of unbranched alkanes of at least 4 members (excludes halogenated alkanes) is 7. The molecule has 0 atom stereocenters. The molecule has 0 fully saturated rings. The van der Waals surface area contributed by atoms with Gasteiger partial charge in [0, 0.05) is 0 Å². The predicted octanol–water partition coefficient (Wildman–Crippen LogP) is 2.80. The second-order valence-electron chi connectivity index (χ2n) is 3.76. The van der Waals surface area contributed by atoms with E-state index >= 15 is 0 Å². The molecular weight excluding hydrogens is 313 g/mol. The van der Waals surface area contributed by atoms with Crippen LogP contribution in [0.4, 0.5) is 0 Å². The Balaban J connectivity index is 0. The topological polar surface area (TPSA) is 46.1 Å². The summed E-state index contributed by atoms with van der Waals surface area (Å²) in [5.41, 5.74) is -3.49. The minimum Gasteiger partial charge on any atom is -0.825 e. The van der Waals surface area contributed by atoms with Gasteiger partial charge in [-0.25, -0.2) is 0 Å². The summed E-state index contributed by atoms with van der Waals surface area (Å²) in [6.45, 7) is 2.22. The molecule has 0 aromatic rings. The zero-order valence-electron chi connectivity index (χ0n) is 10.2. The third-order valence-electron chi connectivity index (χ3n) is 2.25. The van der Waals surface area contributed by atoms with Gasteiger partial charge >= 0.3 is 19.5 Å². The average molecular weight is 334 g/mol. The van der Waals surface area contributed by atoms with Crippen molar-refractivity contribution in [2.75, 3.05) is 5.75 Å². The molecule has 0 aliphatic heterocycles. The van der Waals surface area contributed by atoms with Crippen LogP contribution in [0.25, 0.3) is 0 Å². The normalized spacial score (nSPS) is 11.2. The number of hydrogen-bond donors (Lipinski definition) is 0. The van der Waals surface area contributed by atoms with Crippen molar-refractivity contribution in [3.8, 4) is 0 Å². The van der Waals surface area contributed by atoms with Crippen LogP contribution in [0.3, 0.4) is 0 Å². The van der Waals surface area contributed by atoms with Crippen LogP contribution in [0.15, 0.2) is 0 Å². The summed E-state index contributed by atoms with van der Waals surface area (Å²) in [5, 5.41) is 0. The van der Waals surface area contributed by atoms with Crippen LogP contribution in [-0.2, 0) is 31.3 Å². The molecule has 2 nitrogen and oxygen atoms in total. The fourth-order valence-electron chi connectivity index (χ4n) is 1.41. The fourth-order valence-corrected chi connectivity index (χ4v) is 3.70. The van der Waals surface area contributed by atoms with Gasteiger partial charge in [-0.3, -0.25) is 0 Å². The molecule has 0 radical (unpaired) electrons. The van der Waals surface area contributed by atoms with E-state index in [1.807, 2.05) is 0 Å². The van der Waals surface area contributed by atoms with Crippen LogP contribution in [0.5, 0.6) is 0 Å². The zero-order valence-corrected chi connectivity index (χ0v) is 15.6. The SMILES string of the molecule is CCCCCCCCCCSP([O-])([O-])=S.[Zn+2]. The first kappa shape index (κ1) is 19.9. The van der Waals surface area contributed by atoms with Gasteiger partial charge < -0.3 is 9.79 Å². The predicted molar refractivity (Wildman–Crippen MR) is 69.4 cm³/mol. The summed E-state index contributed by atoms with van der Waals surface area (Å²) in [5.74, 6) is 0.666. The molecule has 16 heavy (non-hydrogen) atoms. The standard InChI is InChI=1S/C10H23O2PS2.Zn/c1-2-3-4-5-6-7-8-9-10-15-13(11,12)14;/h2-10H2,1H3,(H2,11,12,14);/q;+2/p-2. The van der Waals surface area contributed by atoms with Crippen molar-refractivity contribution in [3.05, 3.63) is 0 Å². The third-order valence-corrected chi connectivity index (χ3v) is 5.48. The van der Waals surface area contributed by atoms with Gasteiger partial charge in [-0.05, 0) is 12.2 Å². The molecule has 0 N–H and O–H groups in total. The molecule has 0 saturated carbocycles. The van der Waals surface area contributed by atoms with Crippen molar-refractivity contribution in [1.29, 1.82) is 0 Å². The van der Waals surface area contributed by atoms with E-state index in [0.717, 1.165) is 24.2 Å². The molecule has 0 aliphatic rings. The largest absolute Gasteiger partial charge is 2.00 e. The van der Waals surface area contributed by atoms with Crippen molar-refractivity contribution >= 4 is 28.9 Å². The van der Waals surface area contributed by atoms with Crippen LogP contribution >= 0.6 is 17.1 Å². The summed E-state index contributed by atoms with van der Waals surface area (Å²) in [6.07, 6.45) is 9.91. The monoisotopic (exact) mass is 332 g/mol. The zero-order chi connectivity index (χ0) is 11.6. The smallest absolute Gasteiger partial charge is 0.825 e. The van der Waals surface area contributed by atoms with Crippen LogP contribution in [0.1, 0.15) is 58.3 Å². The van der Waals surface area contributed by atoms with Gasteiger partial charge in [-0.15, -0.1) is 11.8 Å². The minimum absolute atomic E-state index is 0. The van der Waals surface area contributed by atoms with Gasteiger partial charge in [0.15, 0.2) is 0 Å². The van der Waals surface area contributed by atoms with E-state index < -0.39 is 5.69 Å². The number of hydrogen-bond acceptors (Lipinski definition) is 4. The first-order valence-corrected chi connectivity index (χ1v) is 9.95. The first-order valence-electron chi connectivity index (χ1n) is 5.73. The van der Waals surface area contributed by atoms with Crippen LogP contribution in [-0.4, -0.2) is 5.75 Å². The van der Waals surface area contributed by atoms with E-state index in [1.54, 1.807) is 0 Å². The molecule has 0 rings (SSSR count). The quantitative estimate of drug-likeness (QED) is 0.350. The van der Waals surface area contributed by atoms with Gasteiger partial charge in [0.05, 0.1) is 0 Å². The molecule has 0 spiro atoms. The Hall–Kier alpha value is 1.54. The Morgan fingerprint density at radius 1 is 0.938 bits per heavy atom. The Bertz CT molecular complexity index is 188. The van der Waals surface area contributed by atoms with E-state index in [0.29, 0.717) is 5.75 Å². The molecule has 0 aromatic heterocycles.